The average molecular weight is 305 g/mol. The van der Waals surface area contributed by atoms with Crippen molar-refractivity contribution in [2.24, 2.45) is 5.10 Å². The van der Waals surface area contributed by atoms with Gasteiger partial charge in [0.25, 0.3) is 11.5 Å². The Balaban J connectivity index is 1.81. The minimum Gasteiger partial charge on any atom is -0.321 e. The summed E-state index contributed by atoms with van der Waals surface area (Å²) in [5, 5.41) is 4.78. The van der Waals surface area contributed by atoms with E-state index < -0.39 is 0 Å². The highest BCUT2D eigenvalue weighted by atomic mass is 16.2. The number of hydrogen-bond donors (Lipinski definition) is 2. The molecule has 1 amide bonds. The van der Waals surface area contributed by atoms with Crippen molar-refractivity contribution in [2.45, 2.75) is 6.92 Å². The minimum absolute atomic E-state index is 0.252. The third kappa shape index (κ3) is 3.18. The van der Waals surface area contributed by atoms with Gasteiger partial charge in [0.05, 0.1) is 11.8 Å². The zero-order chi connectivity index (χ0) is 16.2. The van der Waals surface area contributed by atoms with Gasteiger partial charge in [0.2, 0.25) is 0 Å². The first-order valence-electron chi connectivity index (χ1n) is 7.16. The van der Waals surface area contributed by atoms with Gasteiger partial charge in [-0.05, 0) is 36.1 Å². The van der Waals surface area contributed by atoms with Crippen LogP contribution in [-0.4, -0.2) is 17.1 Å². The second-order valence-electron chi connectivity index (χ2n) is 5.16. The minimum atomic E-state index is -0.309. The van der Waals surface area contributed by atoms with E-state index in [0.717, 1.165) is 16.5 Å². The number of amides is 1. The maximum atomic E-state index is 12.0. The maximum absolute atomic E-state index is 12.0. The van der Waals surface area contributed by atoms with E-state index in [-0.39, 0.29) is 11.5 Å². The zero-order valence-electron chi connectivity index (χ0n) is 12.5. The zero-order valence-corrected chi connectivity index (χ0v) is 12.5. The molecule has 3 aromatic rings. The predicted molar refractivity (Wildman–Crippen MR) is 90.8 cm³/mol. The van der Waals surface area contributed by atoms with Crippen LogP contribution in [0.5, 0.6) is 0 Å². The highest BCUT2D eigenvalue weighted by Gasteiger charge is 2.06. The summed E-state index contributed by atoms with van der Waals surface area (Å²) in [7, 11) is 0. The molecule has 2 aromatic carbocycles. The van der Waals surface area contributed by atoms with Crippen molar-refractivity contribution in [1.29, 1.82) is 0 Å². The summed E-state index contributed by atoms with van der Waals surface area (Å²) in [6.45, 7) is 1.85. The number of pyridine rings is 1. The molecule has 114 valence electrons. The third-order valence-corrected chi connectivity index (χ3v) is 3.54. The number of carbonyl (C=O) groups excluding carboxylic acids is 1. The van der Waals surface area contributed by atoms with Crippen molar-refractivity contribution in [3.8, 4) is 0 Å². The van der Waals surface area contributed by atoms with Crippen molar-refractivity contribution < 1.29 is 4.79 Å². The third-order valence-electron chi connectivity index (χ3n) is 3.54. The monoisotopic (exact) mass is 305 g/mol. The van der Waals surface area contributed by atoms with Gasteiger partial charge in [-0.25, -0.2) is 5.43 Å². The van der Waals surface area contributed by atoms with Crippen molar-refractivity contribution in [3.05, 3.63) is 81.6 Å². The Bertz CT molecular complexity index is 958. The number of aromatic nitrogens is 1. The van der Waals surface area contributed by atoms with Gasteiger partial charge in [0.15, 0.2) is 0 Å². The summed E-state index contributed by atoms with van der Waals surface area (Å²) in [5.74, 6) is -0.309. The van der Waals surface area contributed by atoms with Crippen LogP contribution in [0.1, 0.15) is 21.5 Å². The van der Waals surface area contributed by atoms with Crippen LogP contribution in [0, 0.1) is 6.92 Å². The number of H-pyrrole nitrogens is 1. The van der Waals surface area contributed by atoms with Crippen LogP contribution in [-0.2, 0) is 0 Å². The molecule has 0 saturated heterocycles. The number of aryl methyl sites for hydroxylation is 1. The van der Waals surface area contributed by atoms with Crippen LogP contribution >= 0.6 is 0 Å². The molecule has 5 heteroatoms. The number of benzene rings is 2. The number of carbonyl (C=O) groups is 1. The summed E-state index contributed by atoms with van der Waals surface area (Å²) in [4.78, 5) is 26.8. The lowest BCUT2D eigenvalue weighted by molar-refractivity contribution is 0.0954. The number of para-hydroxylation sites is 1. The van der Waals surface area contributed by atoms with E-state index in [1.165, 1.54) is 6.21 Å². The highest BCUT2D eigenvalue weighted by molar-refractivity contribution is 5.96. The number of hydrogen-bond acceptors (Lipinski definition) is 3. The normalized spacial score (nSPS) is 11.0. The molecule has 0 saturated carbocycles. The molecule has 1 aromatic heterocycles. The Morgan fingerprint density at radius 2 is 1.87 bits per heavy atom. The quantitative estimate of drug-likeness (QED) is 0.576. The van der Waals surface area contributed by atoms with Crippen LogP contribution in [0.4, 0.5) is 0 Å². The van der Waals surface area contributed by atoms with Gasteiger partial charge in [-0.1, -0.05) is 36.4 Å². The van der Waals surface area contributed by atoms with E-state index in [2.05, 4.69) is 15.5 Å². The average Bonchev–Trinajstić information content (AvgIpc) is 2.55. The second-order valence-corrected chi connectivity index (χ2v) is 5.16. The van der Waals surface area contributed by atoms with Crippen LogP contribution < -0.4 is 11.0 Å². The van der Waals surface area contributed by atoms with Gasteiger partial charge < -0.3 is 4.98 Å². The Morgan fingerprint density at radius 1 is 1.13 bits per heavy atom. The number of nitrogens with one attached hydrogen (secondary N) is 2. The molecule has 0 aliphatic heterocycles. The van der Waals surface area contributed by atoms with Crippen LogP contribution in [0.3, 0.4) is 0 Å². The van der Waals surface area contributed by atoms with Crippen molar-refractivity contribution in [2.75, 3.05) is 0 Å². The lowest BCUT2D eigenvalue weighted by Crippen LogP contribution is -2.20. The second kappa shape index (κ2) is 6.27. The number of nitrogens with zero attached hydrogens (tertiary/aromatic N) is 1. The first-order valence-corrected chi connectivity index (χ1v) is 7.16. The molecule has 1 heterocycles. The van der Waals surface area contributed by atoms with E-state index in [0.29, 0.717) is 11.1 Å². The topological polar surface area (TPSA) is 74.3 Å². The van der Waals surface area contributed by atoms with Crippen molar-refractivity contribution >= 4 is 23.0 Å². The smallest absolute Gasteiger partial charge is 0.271 e. The molecule has 23 heavy (non-hydrogen) atoms. The molecule has 0 bridgehead atoms. The molecule has 0 aliphatic rings. The number of hydrazone groups is 1. The summed E-state index contributed by atoms with van der Waals surface area (Å²) in [5.41, 5.74) is 4.75. The van der Waals surface area contributed by atoms with Gasteiger partial charge >= 0.3 is 0 Å². The lowest BCUT2D eigenvalue weighted by atomic mass is 10.1. The van der Waals surface area contributed by atoms with Gasteiger partial charge in [0, 0.05) is 11.1 Å². The van der Waals surface area contributed by atoms with Gasteiger partial charge in [-0.2, -0.15) is 5.10 Å². The van der Waals surface area contributed by atoms with Gasteiger partial charge in [0.1, 0.15) is 0 Å². The standard InChI is InChI=1S/C18H15N3O2/c1-12-6-2-4-8-15(12)18(23)21-19-11-14-10-13-7-3-5-9-16(13)20-17(14)22/h2-11H,1H3,(H,20,22)(H,21,23)/b19-11-. The summed E-state index contributed by atoms with van der Waals surface area (Å²) >= 11 is 0. The molecular weight excluding hydrogens is 290 g/mol. The summed E-state index contributed by atoms with van der Waals surface area (Å²) in [6, 6.07) is 16.4. The fraction of sp³-hybridized carbons (Fsp3) is 0.0556. The number of rotatable bonds is 3. The molecule has 0 radical (unpaired) electrons. The van der Waals surface area contributed by atoms with Crippen LogP contribution in [0.15, 0.2) is 64.5 Å². The van der Waals surface area contributed by atoms with Crippen LogP contribution in [0.2, 0.25) is 0 Å². The van der Waals surface area contributed by atoms with E-state index in [1.54, 1.807) is 18.2 Å². The SMILES string of the molecule is Cc1ccccc1C(=O)N/N=C\c1cc2ccccc2[nH]c1=O. The van der Waals surface area contributed by atoms with Crippen molar-refractivity contribution in [1.82, 2.24) is 10.4 Å². The lowest BCUT2D eigenvalue weighted by Gasteiger charge is -2.03. The fourth-order valence-corrected chi connectivity index (χ4v) is 2.31. The van der Waals surface area contributed by atoms with Gasteiger partial charge in [-0.3, -0.25) is 9.59 Å². The number of aromatic amines is 1. The van der Waals surface area contributed by atoms with E-state index in [1.807, 2.05) is 43.3 Å². The van der Waals surface area contributed by atoms with E-state index >= 15 is 0 Å². The molecule has 0 fully saturated rings. The van der Waals surface area contributed by atoms with E-state index in [9.17, 15) is 9.59 Å². The summed E-state index contributed by atoms with van der Waals surface area (Å²) < 4.78 is 0. The van der Waals surface area contributed by atoms with Gasteiger partial charge in [-0.15, -0.1) is 0 Å². The van der Waals surface area contributed by atoms with Crippen molar-refractivity contribution in [3.63, 3.8) is 0 Å². The molecule has 0 unspecified atom stereocenters. The summed E-state index contributed by atoms with van der Waals surface area (Å²) in [6.07, 6.45) is 1.35. The Kier molecular flexibility index (Phi) is 4.01. The maximum Gasteiger partial charge on any atom is 0.271 e. The fourth-order valence-electron chi connectivity index (χ4n) is 2.31. The molecule has 0 atom stereocenters. The van der Waals surface area contributed by atoms with E-state index in [4.69, 9.17) is 0 Å². The predicted octanol–water partition coefficient (Wildman–Crippen LogP) is 2.60. The highest BCUT2D eigenvalue weighted by Crippen LogP contribution is 2.09. The molecule has 5 nitrogen and oxygen atoms in total. The first kappa shape index (κ1) is 14.7. The number of fused-ring (bicyclic) bond motifs is 1. The molecular formula is C18H15N3O2. The first-order chi connectivity index (χ1) is 11.1. The Morgan fingerprint density at radius 3 is 2.70 bits per heavy atom. The molecule has 2 N–H and O–H groups in total. The Hall–Kier alpha value is -3.21. The molecule has 0 spiro atoms. The van der Waals surface area contributed by atoms with Crippen LogP contribution in [0.25, 0.3) is 10.9 Å². The Labute approximate surface area is 132 Å². The largest absolute Gasteiger partial charge is 0.321 e. The molecule has 0 aliphatic carbocycles. The molecule has 3 rings (SSSR count).